The molecule has 0 aromatic heterocycles. The minimum atomic E-state index is 0.0798. The van der Waals surface area contributed by atoms with E-state index < -0.39 is 0 Å². The third kappa shape index (κ3) is 3.23. The Morgan fingerprint density at radius 2 is 1.59 bits per heavy atom. The van der Waals surface area contributed by atoms with Crippen molar-refractivity contribution in [2.24, 2.45) is 29.6 Å². The van der Waals surface area contributed by atoms with Gasteiger partial charge in [0.2, 0.25) is 5.91 Å². The van der Waals surface area contributed by atoms with Crippen molar-refractivity contribution in [3.8, 4) is 0 Å². The zero-order valence-electron chi connectivity index (χ0n) is 14.1. The minimum Gasteiger partial charge on any atom is -0.353 e. The Balaban J connectivity index is 1.51. The van der Waals surface area contributed by atoms with E-state index >= 15 is 0 Å². The average molecular weight is 305 g/mol. The Morgan fingerprint density at radius 3 is 2.18 bits per heavy atom. The number of fused-ring (bicyclic) bond motifs is 2. The van der Waals surface area contributed by atoms with E-state index in [1.165, 1.54) is 32.1 Å². The maximum atomic E-state index is 12.6. The van der Waals surface area contributed by atoms with Gasteiger partial charge >= 0.3 is 0 Å². The second-order valence-electron chi connectivity index (χ2n) is 8.10. The highest BCUT2D eigenvalue weighted by Gasteiger charge is 2.43. The van der Waals surface area contributed by atoms with Crippen LogP contribution in [0.1, 0.15) is 71.6 Å². The highest BCUT2D eigenvalue weighted by Crippen LogP contribution is 2.42. The van der Waals surface area contributed by atoms with Crippen molar-refractivity contribution in [1.29, 1.82) is 0 Å². The van der Waals surface area contributed by atoms with Gasteiger partial charge in [-0.25, -0.2) is 0 Å². The number of carbonyl (C=O) groups is 2. The van der Waals surface area contributed by atoms with Crippen molar-refractivity contribution in [1.82, 2.24) is 5.32 Å². The number of ketones is 1. The first-order valence-corrected chi connectivity index (χ1v) is 9.40. The molecule has 0 aromatic carbocycles. The van der Waals surface area contributed by atoms with E-state index in [1.807, 2.05) is 0 Å². The van der Waals surface area contributed by atoms with Crippen molar-refractivity contribution in [2.75, 3.05) is 0 Å². The molecule has 0 saturated heterocycles. The quantitative estimate of drug-likeness (QED) is 0.860. The molecule has 1 amide bonds. The molecule has 0 aliphatic heterocycles. The summed E-state index contributed by atoms with van der Waals surface area (Å²) in [5.41, 5.74) is 0. The van der Waals surface area contributed by atoms with Crippen LogP contribution in [-0.2, 0) is 9.59 Å². The predicted molar refractivity (Wildman–Crippen MR) is 87.3 cm³/mol. The molecular weight excluding hydrogens is 274 g/mol. The number of amides is 1. The van der Waals surface area contributed by atoms with Crippen LogP contribution in [0.25, 0.3) is 0 Å². The van der Waals surface area contributed by atoms with Crippen molar-refractivity contribution < 1.29 is 9.59 Å². The fraction of sp³-hybridized carbons (Fsp3) is 0.895. The molecule has 0 radical (unpaired) electrons. The SMILES string of the molecule is CC(NC(=O)C1CC2CCC(C1)C2=O)C(C)C1CCCCC1. The summed E-state index contributed by atoms with van der Waals surface area (Å²) in [7, 11) is 0. The number of hydrogen-bond acceptors (Lipinski definition) is 2. The lowest BCUT2D eigenvalue weighted by Crippen LogP contribution is -2.45. The van der Waals surface area contributed by atoms with Gasteiger partial charge in [-0.3, -0.25) is 9.59 Å². The summed E-state index contributed by atoms with van der Waals surface area (Å²) in [5, 5.41) is 3.28. The fourth-order valence-corrected chi connectivity index (χ4v) is 5.03. The summed E-state index contributed by atoms with van der Waals surface area (Å²) in [4.78, 5) is 24.6. The lowest BCUT2D eigenvalue weighted by molar-refractivity contribution is -0.132. The first-order chi connectivity index (χ1) is 10.6. The first kappa shape index (κ1) is 16.0. The molecule has 3 aliphatic rings. The highest BCUT2D eigenvalue weighted by molar-refractivity contribution is 5.89. The number of carbonyl (C=O) groups excluding carboxylic acids is 2. The Labute approximate surface area is 134 Å². The topological polar surface area (TPSA) is 46.2 Å². The Morgan fingerprint density at radius 1 is 1.00 bits per heavy atom. The maximum absolute atomic E-state index is 12.6. The molecule has 124 valence electrons. The summed E-state index contributed by atoms with van der Waals surface area (Å²) < 4.78 is 0. The molecule has 3 nitrogen and oxygen atoms in total. The molecule has 3 saturated carbocycles. The standard InChI is InChI=1S/C19H31NO2/c1-12(14-6-4-3-5-7-14)13(2)20-19(22)17-10-15-8-9-16(11-17)18(15)21/h12-17H,3-11H2,1-2H3,(H,20,22). The monoisotopic (exact) mass is 305 g/mol. The van der Waals surface area contributed by atoms with E-state index in [4.69, 9.17) is 0 Å². The van der Waals surface area contributed by atoms with E-state index in [2.05, 4.69) is 19.2 Å². The minimum absolute atomic E-state index is 0.0798. The number of nitrogens with one attached hydrogen (secondary N) is 1. The number of Topliss-reactive ketones (excluding diaryl/α,β-unsaturated/α-hetero) is 1. The third-order valence-corrected chi connectivity index (χ3v) is 6.73. The van der Waals surface area contributed by atoms with Crippen LogP contribution in [-0.4, -0.2) is 17.7 Å². The smallest absolute Gasteiger partial charge is 0.223 e. The zero-order valence-corrected chi connectivity index (χ0v) is 14.1. The van der Waals surface area contributed by atoms with Gasteiger partial charge < -0.3 is 5.32 Å². The van der Waals surface area contributed by atoms with Crippen LogP contribution in [0.5, 0.6) is 0 Å². The van der Waals surface area contributed by atoms with E-state index in [0.717, 1.165) is 31.6 Å². The zero-order chi connectivity index (χ0) is 15.7. The second-order valence-corrected chi connectivity index (χ2v) is 8.10. The van der Waals surface area contributed by atoms with Gasteiger partial charge in [0, 0.05) is 23.8 Å². The van der Waals surface area contributed by atoms with Crippen LogP contribution in [0.15, 0.2) is 0 Å². The molecule has 3 aliphatic carbocycles. The molecule has 2 bridgehead atoms. The normalized spacial score (nSPS) is 35.2. The Hall–Kier alpha value is -0.860. The van der Waals surface area contributed by atoms with Gasteiger partial charge in [0.1, 0.15) is 5.78 Å². The van der Waals surface area contributed by atoms with Gasteiger partial charge in [0.15, 0.2) is 0 Å². The highest BCUT2D eigenvalue weighted by atomic mass is 16.2. The molecular formula is C19H31NO2. The van der Waals surface area contributed by atoms with Crippen molar-refractivity contribution in [3.63, 3.8) is 0 Å². The van der Waals surface area contributed by atoms with Gasteiger partial charge in [0.25, 0.3) is 0 Å². The molecule has 4 atom stereocenters. The lowest BCUT2D eigenvalue weighted by Gasteiger charge is -2.33. The van der Waals surface area contributed by atoms with Crippen LogP contribution >= 0.6 is 0 Å². The molecule has 3 rings (SSSR count). The summed E-state index contributed by atoms with van der Waals surface area (Å²) in [5.74, 6) is 2.42. The van der Waals surface area contributed by atoms with Crippen molar-refractivity contribution in [3.05, 3.63) is 0 Å². The molecule has 0 aromatic rings. The summed E-state index contributed by atoms with van der Waals surface area (Å²) in [6.45, 7) is 4.47. The van der Waals surface area contributed by atoms with Crippen LogP contribution < -0.4 is 5.32 Å². The largest absolute Gasteiger partial charge is 0.353 e. The molecule has 22 heavy (non-hydrogen) atoms. The third-order valence-electron chi connectivity index (χ3n) is 6.73. The van der Waals surface area contributed by atoms with E-state index in [9.17, 15) is 9.59 Å². The number of hydrogen-bond donors (Lipinski definition) is 1. The molecule has 0 heterocycles. The van der Waals surface area contributed by atoms with Gasteiger partial charge in [-0.1, -0.05) is 39.0 Å². The van der Waals surface area contributed by atoms with E-state index in [-0.39, 0.29) is 29.7 Å². The van der Waals surface area contributed by atoms with Crippen molar-refractivity contribution in [2.45, 2.75) is 77.7 Å². The van der Waals surface area contributed by atoms with Gasteiger partial charge in [-0.05, 0) is 44.4 Å². The van der Waals surface area contributed by atoms with Gasteiger partial charge in [0.05, 0.1) is 0 Å². The maximum Gasteiger partial charge on any atom is 0.223 e. The van der Waals surface area contributed by atoms with Crippen LogP contribution in [0.3, 0.4) is 0 Å². The molecule has 4 unspecified atom stereocenters. The summed E-state index contributed by atoms with van der Waals surface area (Å²) in [6.07, 6.45) is 10.4. The Kier molecular flexibility index (Phi) is 4.89. The molecule has 0 spiro atoms. The molecule has 3 fully saturated rings. The summed E-state index contributed by atoms with van der Waals surface area (Å²) in [6, 6.07) is 0.255. The average Bonchev–Trinajstić information content (AvgIpc) is 2.76. The summed E-state index contributed by atoms with van der Waals surface area (Å²) >= 11 is 0. The second kappa shape index (κ2) is 6.72. The van der Waals surface area contributed by atoms with Crippen LogP contribution in [0.4, 0.5) is 0 Å². The van der Waals surface area contributed by atoms with Crippen LogP contribution in [0.2, 0.25) is 0 Å². The van der Waals surface area contributed by atoms with Crippen molar-refractivity contribution >= 4 is 11.7 Å². The van der Waals surface area contributed by atoms with E-state index in [1.54, 1.807) is 0 Å². The molecule has 1 N–H and O–H groups in total. The fourth-order valence-electron chi connectivity index (χ4n) is 5.03. The van der Waals surface area contributed by atoms with Gasteiger partial charge in [-0.15, -0.1) is 0 Å². The first-order valence-electron chi connectivity index (χ1n) is 9.40. The number of rotatable bonds is 4. The lowest BCUT2D eigenvalue weighted by atomic mass is 9.77. The van der Waals surface area contributed by atoms with Crippen LogP contribution in [0, 0.1) is 29.6 Å². The Bertz CT molecular complexity index is 411. The van der Waals surface area contributed by atoms with E-state index in [0.29, 0.717) is 11.7 Å². The predicted octanol–water partition coefficient (Wildman–Crippen LogP) is 3.71. The van der Waals surface area contributed by atoms with Gasteiger partial charge in [-0.2, -0.15) is 0 Å². The molecule has 3 heteroatoms.